The Morgan fingerprint density at radius 1 is 0.611 bits per heavy atom. The highest BCUT2D eigenvalue weighted by molar-refractivity contribution is 5.96. The number of rotatable bonds is 17. The van der Waals surface area contributed by atoms with Gasteiger partial charge < -0.3 is 21.3 Å². The Labute approximate surface area is 220 Å². The highest BCUT2D eigenvalue weighted by atomic mass is 15.3. The van der Waals surface area contributed by atoms with E-state index < -0.39 is 0 Å². The molecule has 0 saturated heterocycles. The summed E-state index contributed by atoms with van der Waals surface area (Å²) < 4.78 is 0. The van der Waals surface area contributed by atoms with Gasteiger partial charge in [-0.1, -0.05) is 79.1 Å². The largest absolute Gasteiger partial charge is 0.370 e. The van der Waals surface area contributed by atoms with Crippen molar-refractivity contribution in [3.8, 4) is 0 Å². The van der Waals surface area contributed by atoms with Crippen molar-refractivity contribution in [3.63, 3.8) is 0 Å². The molecule has 0 aromatic heterocycles. The Hall–Kier alpha value is -2.52. The highest BCUT2D eigenvalue weighted by Gasteiger charge is 2.13. The fourth-order valence-corrected chi connectivity index (χ4v) is 4.00. The molecule has 0 heterocycles. The van der Waals surface area contributed by atoms with Crippen LogP contribution in [0.4, 0.5) is 0 Å². The van der Waals surface area contributed by atoms with Crippen LogP contribution in [0.1, 0.15) is 91.9 Å². The fourth-order valence-electron chi connectivity index (χ4n) is 4.00. The van der Waals surface area contributed by atoms with Crippen LogP contribution < -0.4 is 22.1 Å². The van der Waals surface area contributed by atoms with Crippen molar-refractivity contribution in [2.75, 3.05) is 40.3 Å². The van der Waals surface area contributed by atoms with E-state index in [1.807, 2.05) is 0 Å². The molecule has 0 aliphatic heterocycles. The first-order valence-electron chi connectivity index (χ1n) is 13.8. The molecule has 10 heteroatoms. The minimum absolute atomic E-state index is 0.283. The molecule has 36 heavy (non-hydrogen) atoms. The summed E-state index contributed by atoms with van der Waals surface area (Å²) in [5.41, 5.74) is 11.4. The van der Waals surface area contributed by atoms with E-state index in [2.05, 4.69) is 58.1 Å². The van der Waals surface area contributed by atoms with Crippen LogP contribution in [0.5, 0.6) is 0 Å². The molecular weight excluding hydrogens is 452 g/mol. The molecule has 0 aromatic rings. The van der Waals surface area contributed by atoms with Crippen LogP contribution in [0.25, 0.3) is 0 Å². The minimum atomic E-state index is 0.283. The van der Waals surface area contributed by atoms with Gasteiger partial charge in [-0.05, 0) is 24.7 Å². The molecule has 8 N–H and O–H groups in total. The van der Waals surface area contributed by atoms with Crippen molar-refractivity contribution in [1.29, 1.82) is 10.8 Å². The molecular formula is C26H56N10. The van der Waals surface area contributed by atoms with Crippen molar-refractivity contribution in [3.05, 3.63) is 0 Å². The second-order valence-electron chi connectivity index (χ2n) is 10.4. The van der Waals surface area contributed by atoms with Gasteiger partial charge in [0.05, 0.1) is 0 Å². The van der Waals surface area contributed by atoms with Crippen LogP contribution in [-0.4, -0.2) is 73.9 Å². The molecule has 0 rings (SSSR count). The first-order valence-corrected chi connectivity index (χ1v) is 13.8. The average molecular weight is 509 g/mol. The van der Waals surface area contributed by atoms with Gasteiger partial charge in [0.25, 0.3) is 0 Å². The molecule has 0 bridgehead atoms. The SMILES string of the molecule is CN=C(N)NC(=N)N(CCCCCCCCCCCCN(CC(C)C)C(=N)NC(N)=NC)CC(C)C. The number of unbranched alkanes of at least 4 members (excludes halogenated alkanes) is 9. The lowest BCUT2D eigenvalue weighted by Crippen LogP contribution is -2.47. The topological polar surface area (TPSA) is 155 Å². The monoisotopic (exact) mass is 508 g/mol. The van der Waals surface area contributed by atoms with Gasteiger partial charge in [0, 0.05) is 40.3 Å². The van der Waals surface area contributed by atoms with E-state index in [0.29, 0.717) is 23.8 Å². The maximum absolute atomic E-state index is 8.25. The third kappa shape index (κ3) is 17.8. The Bertz CT molecular complexity index is 601. The van der Waals surface area contributed by atoms with Crippen molar-refractivity contribution in [2.24, 2.45) is 33.3 Å². The molecule has 0 unspecified atom stereocenters. The van der Waals surface area contributed by atoms with E-state index in [-0.39, 0.29) is 11.9 Å². The normalized spacial score (nSPS) is 12.2. The van der Waals surface area contributed by atoms with Gasteiger partial charge >= 0.3 is 0 Å². The molecule has 0 saturated carbocycles. The standard InChI is InChI=1S/C26H56N10/c1-21(2)19-35(25(29)33-23(27)31-5)17-15-13-11-9-7-8-10-12-14-16-18-36(20-22(3)4)26(30)34-24(28)32-6/h21-22H,7-20H2,1-6H3,(H4,27,29,31,33)(H4,28,30,32,34). The van der Waals surface area contributed by atoms with Gasteiger partial charge in [0.2, 0.25) is 0 Å². The Balaban J connectivity index is 3.96. The third-order valence-corrected chi connectivity index (χ3v) is 5.88. The molecule has 0 radical (unpaired) electrons. The zero-order chi connectivity index (χ0) is 27.3. The van der Waals surface area contributed by atoms with Crippen molar-refractivity contribution in [2.45, 2.75) is 91.9 Å². The van der Waals surface area contributed by atoms with Crippen LogP contribution in [-0.2, 0) is 0 Å². The fraction of sp³-hybridized carbons (Fsp3) is 0.846. The van der Waals surface area contributed by atoms with Gasteiger partial charge in [0.15, 0.2) is 23.8 Å². The van der Waals surface area contributed by atoms with Crippen LogP contribution in [0.2, 0.25) is 0 Å². The zero-order valence-electron chi connectivity index (χ0n) is 24.0. The van der Waals surface area contributed by atoms with Crippen LogP contribution in [0.15, 0.2) is 9.98 Å². The average Bonchev–Trinajstić information content (AvgIpc) is 2.82. The number of nitrogens with zero attached hydrogens (tertiary/aromatic N) is 4. The summed E-state index contributed by atoms with van der Waals surface area (Å²) in [6, 6.07) is 0. The Kier molecular flexibility index (Phi) is 19.2. The quantitative estimate of drug-likeness (QED) is 0.0998. The number of aliphatic imine (C=N–C) groups is 2. The lowest BCUT2D eigenvalue weighted by Gasteiger charge is -2.27. The second-order valence-corrected chi connectivity index (χ2v) is 10.4. The van der Waals surface area contributed by atoms with E-state index in [1.54, 1.807) is 14.1 Å². The molecule has 210 valence electrons. The maximum atomic E-state index is 8.25. The predicted molar refractivity (Wildman–Crippen MR) is 156 cm³/mol. The van der Waals surface area contributed by atoms with Crippen molar-refractivity contribution < 1.29 is 0 Å². The summed E-state index contributed by atoms with van der Waals surface area (Å²) in [6.45, 7) is 12.1. The number of hydrogen-bond acceptors (Lipinski definition) is 4. The van der Waals surface area contributed by atoms with E-state index in [1.165, 1.54) is 51.4 Å². The Morgan fingerprint density at radius 2 is 0.889 bits per heavy atom. The molecule has 0 atom stereocenters. The Morgan fingerprint density at radius 3 is 1.14 bits per heavy atom. The van der Waals surface area contributed by atoms with Gasteiger partial charge in [-0.2, -0.15) is 0 Å². The predicted octanol–water partition coefficient (Wildman–Crippen LogP) is 3.74. The van der Waals surface area contributed by atoms with Crippen molar-refractivity contribution in [1.82, 2.24) is 20.4 Å². The number of nitrogens with two attached hydrogens (primary N) is 2. The van der Waals surface area contributed by atoms with Gasteiger partial charge in [-0.15, -0.1) is 0 Å². The summed E-state index contributed by atoms with van der Waals surface area (Å²) in [5.74, 6) is 2.22. The molecule has 0 aliphatic carbocycles. The number of guanidine groups is 4. The third-order valence-electron chi connectivity index (χ3n) is 5.88. The lowest BCUT2D eigenvalue weighted by atomic mass is 10.1. The van der Waals surface area contributed by atoms with E-state index in [4.69, 9.17) is 22.3 Å². The summed E-state index contributed by atoms with van der Waals surface area (Å²) in [5, 5.41) is 22.2. The number of hydrogen-bond donors (Lipinski definition) is 6. The van der Waals surface area contributed by atoms with E-state index in [0.717, 1.165) is 39.0 Å². The second kappa shape index (κ2) is 20.7. The first kappa shape index (κ1) is 33.5. The van der Waals surface area contributed by atoms with Crippen molar-refractivity contribution >= 4 is 23.8 Å². The highest BCUT2D eigenvalue weighted by Crippen LogP contribution is 2.12. The summed E-state index contributed by atoms with van der Waals surface area (Å²) >= 11 is 0. The van der Waals surface area contributed by atoms with Crippen LogP contribution in [0, 0.1) is 22.7 Å². The van der Waals surface area contributed by atoms with Crippen LogP contribution >= 0.6 is 0 Å². The lowest BCUT2D eigenvalue weighted by molar-refractivity contribution is 0.344. The molecule has 0 amide bonds. The molecule has 0 fully saturated rings. The van der Waals surface area contributed by atoms with E-state index >= 15 is 0 Å². The summed E-state index contributed by atoms with van der Waals surface area (Å²) in [4.78, 5) is 11.9. The van der Waals surface area contributed by atoms with Gasteiger partial charge in [0.1, 0.15) is 0 Å². The minimum Gasteiger partial charge on any atom is -0.370 e. The summed E-state index contributed by atoms with van der Waals surface area (Å²) in [7, 11) is 3.24. The zero-order valence-corrected chi connectivity index (χ0v) is 24.0. The molecule has 0 spiro atoms. The first-order chi connectivity index (χ1) is 17.1. The van der Waals surface area contributed by atoms with E-state index in [9.17, 15) is 0 Å². The summed E-state index contributed by atoms with van der Waals surface area (Å²) in [6.07, 6.45) is 12.2. The number of nitrogens with one attached hydrogen (secondary N) is 4. The van der Waals surface area contributed by atoms with Gasteiger partial charge in [-0.25, -0.2) is 0 Å². The smallest absolute Gasteiger partial charge is 0.197 e. The maximum Gasteiger partial charge on any atom is 0.197 e. The molecule has 10 nitrogen and oxygen atoms in total. The molecule has 0 aliphatic rings. The molecule has 0 aromatic carbocycles. The van der Waals surface area contributed by atoms with Gasteiger partial charge in [-0.3, -0.25) is 31.4 Å². The van der Waals surface area contributed by atoms with Crippen LogP contribution in [0.3, 0.4) is 0 Å².